The summed E-state index contributed by atoms with van der Waals surface area (Å²) in [5.74, 6) is -0.889. The molecule has 0 saturated heterocycles. The molecule has 0 aliphatic heterocycles. The topological polar surface area (TPSA) is 103 Å². The summed E-state index contributed by atoms with van der Waals surface area (Å²) in [5.41, 5.74) is 3.84. The Labute approximate surface area is 206 Å². The summed E-state index contributed by atoms with van der Waals surface area (Å²) in [6.45, 7) is 3.70. The van der Waals surface area contributed by atoms with Crippen molar-refractivity contribution in [3.63, 3.8) is 0 Å². The maximum Gasteiger partial charge on any atom is 0.327 e. The molecule has 4 rings (SSSR count). The van der Waals surface area contributed by atoms with Gasteiger partial charge in [0.05, 0.1) is 11.2 Å². The number of hydrogen-bond acceptors (Lipinski definition) is 5. The molecule has 1 heterocycles. The molecule has 0 fully saturated rings. The van der Waals surface area contributed by atoms with E-state index in [9.17, 15) is 18.7 Å². The van der Waals surface area contributed by atoms with Gasteiger partial charge < -0.3 is 14.4 Å². The standard InChI is InChI=1S/C27H26N2O5S/c1-18(2)26(27(30)31)29(35(32)33)23-13-8-19(9-14-23)20-10-15-24(16-11-20)34-17-22-12-7-21-5-3-4-6-25(21)28-22/h3-16,18,26H,17H2,1-2H3,(H,30,31)(H,32,33)/p-1. The molecule has 1 aromatic heterocycles. The number of aromatic nitrogens is 1. The molecule has 0 amide bonds. The number of para-hydroxylation sites is 1. The highest BCUT2D eigenvalue weighted by Gasteiger charge is 2.30. The number of rotatable bonds is 9. The van der Waals surface area contributed by atoms with Gasteiger partial charge in [0.15, 0.2) is 0 Å². The Morgan fingerprint density at radius 2 is 1.60 bits per heavy atom. The van der Waals surface area contributed by atoms with E-state index >= 15 is 0 Å². The van der Waals surface area contributed by atoms with Crippen molar-refractivity contribution in [2.45, 2.75) is 26.5 Å². The molecule has 2 atom stereocenters. The van der Waals surface area contributed by atoms with Crippen molar-refractivity contribution in [1.82, 2.24) is 4.98 Å². The van der Waals surface area contributed by atoms with E-state index < -0.39 is 29.2 Å². The lowest BCUT2D eigenvalue weighted by Crippen LogP contribution is -2.45. The lowest BCUT2D eigenvalue weighted by atomic mass is 10.0. The van der Waals surface area contributed by atoms with E-state index in [1.165, 1.54) is 0 Å². The highest BCUT2D eigenvalue weighted by Crippen LogP contribution is 2.28. The lowest BCUT2D eigenvalue weighted by molar-refractivity contribution is -0.139. The largest absolute Gasteiger partial charge is 0.755 e. The molecule has 0 bridgehead atoms. The Morgan fingerprint density at radius 3 is 2.20 bits per heavy atom. The first-order valence-corrected chi connectivity index (χ1v) is 12.2. The minimum absolute atomic E-state index is 0.297. The van der Waals surface area contributed by atoms with Gasteiger partial charge >= 0.3 is 5.97 Å². The molecule has 35 heavy (non-hydrogen) atoms. The number of fused-ring (bicyclic) bond motifs is 1. The third-order valence-electron chi connectivity index (χ3n) is 5.65. The van der Waals surface area contributed by atoms with Crippen LogP contribution < -0.4 is 9.04 Å². The van der Waals surface area contributed by atoms with E-state index in [0.29, 0.717) is 18.0 Å². The van der Waals surface area contributed by atoms with Crippen LogP contribution in [-0.2, 0) is 22.7 Å². The van der Waals surface area contributed by atoms with Crippen molar-refractivity contribution < 1.29 is 23.4 Å². The quantitative estimate of drug-likeness (QED) is 0.325. The molecule has 8 heteroatoms. The van der Waals surface area contributed by atoms with Crippen molar-refractivity contribution in [2.24, 2.45) is 5.92 Å². The first-order chi connectivity index (χ1) is 16.8. The van der Waals surface area contributed by atoms with Crippen LogP contribution in [0.3, 0.4) is 0 Å². The Bertz CT molecular complexity index is 1340. The summed E-state index contributed by atoms with van der Waals surface area (Å²) in [4.78, 5) is 16.3. The fourth-order valence-corrected chi connectivity index (χ4v) is 4.70. The van der Waals surface area contributed by atoms with Crippen LogP contribution in [0.4, 0.5) is 5.69 Å². The van der Waals surface area contributed by atoms with Crippen molar-refractivity contribution in [3.05, 3.63) is 90.6 Å². The smallest absolute Gasteiger partial charge is 0.327 e. The van der Waals surface area contributed by atoms with Crippen molar-refractivity contribution in [3.8, 4) is 16.9 Å². The Hall–Kier alpha value is -3.75. The van der Waals surface area contributed by atoms with E-state index in [-0.39, 0.29) is 0 Å². The molecular weight excluding hydrogens is 464 g/mol. The summed E-state index contributed by atoms with van der Waals surface area (Å²) in [6.07, 6.45) is 0. The fraction of sp³-hybridized carbons (Fsp3) is 0.185. The van der Waals surface area contributed by atoms with E-state index in [1.54, 1.807) is 38.1 Å². The van der Waals surface area contributed by atoms with Crippen LogP contribution in [0.5, 0.6) is 5.75 Å². The minimum Gasteiger partial charge on any atom is -0.755 e. The van der Waals surface area contributed by atoms with Crippen molar-refractivity contribution >= 4 is 33.8 Å². The highest BCUT2D eigenvalue weighted by molar-refractivity contribution is 7.80. The second kappa shape index (κ2) is 10.7. The zero-order chi connectivity index (χ0) is 24.9. The monoisotopic (exact) mass is 489 g/mol. The average molecular weight is 490 g/mol. The molecule has 1 N–H and O–H groups in total. The maximum atomic E-state index is 11.8. The summed E-state index contributed by atoms with van der Waals surface area (Å²) >= 11 is -2.73. The number of benzene rings is 3. The van der Waals surface area contributed by atoms with Gasteiger partial charge in [0.1, 0.15) is 18.4 Å². The zero-order valence-corrected chi connectivity index (χ0v) is 20.1. The fourth-order valence-electron chi connectivity index (χ4n) is 3.89. The maximum absolute atomic E-state index is 11.8. The van der Waals surface area contributed by atoms with Gasteiger partial charge in [-0.15, -0.1) is 0 Å². The van der Waals surface area contributed by atoms with E-state index in [2.05, 4.69) is 4.98 Å². The third-order valence-corrected chi connectivity index (χ3v) is 6.41. The van der Waals surface area contributed by atoms with Crippen LogP contribution in [0.1, 0.15) is 19.5 Å². The number of carboxylic acids is 1. The molecule has 0 aliphatic carbocycles. The molecule has 3 aromatic carbocycles. The number of ether oxygens (including phenoxy) is 1. The van der Waals surface area contributed by atoms with Gasteiger partial charge in [0.2, 0.25) is 0 Å². The predicted octanol–water partition coefficient (Wildman–Crippen LogP) is 5.19. The molecule has 0 saturated carbocycles. The molecule has 7 nitrogen and oxygen atoms in total. The number of carbonyl (C=O) groups is 1. The second-order valence-electron chi connectivity index (χ2n) is 8.43. The summed E-state index contributed by atoms with van der Waals surface area (Å²) in [5, 5.41) is 10.6. The SMILES string of the molecule is CC(C)C(C(=O)O)N(c1ccc(-c2ccc(OCc3ccc4ccccc4n3)cc2)cc1)S(=O)[O-]. The van der Waals surface area contributed by atoms with E-state index in [1.807, 2.05) is 60.7 Å². The lowest BCUT2D eigenvalue weighted by Gasteiger charge is -2.34. The number of carboxylic acid groups (broad SMARTS) is 1. The normalized spacial score (nSPS) is 12.9. The van der Waals surface area contributed by atoms with Gasteiger partial charge in [0.25, 0.3) is 0 Å². The molecular formula is C27H25N2O5S-. The number of hydrogen-bond donors (Lipinski definition) is 1. The molecule has 0 aliphatic rings. The number of aliphatic carboxylic acids is 1. The van der Waals surface area contributed by atoms with Crippen LogP contribution in [0.2, 0.25) is 0 Å². The predicted molar refractivity (Wildman–Crippen MR) is 136 cm³/mol. The van der Waals surface area contributed by atoms with Gasteiger partial charge in [-0.2, -0.15) is 0 Å². The number of nitrogens with zero attached hydrogens (tertiary/aromatic N) is 2. The van der Waals surface area contributed by atoms with Crippen LogP contribution in [0, 0.1) is 5.92 Å². The van der Waals surface area contributed by atoms with Crippen molar-refractivity contribution in [2.75, 3.05) is 4.31 Å². The first kappa shape index (κ1) is 24.4. The van der Waals surface area contributed by atoms with E-state index in [4.69, 9.17) is 4.74 Å². The van der Waals surface area contributed by atoms with Crippen LogP contribution in [0.25, 0.3) is 22.0 Å². The van der Waals surface area contributed by atoms with Gasteiger partial charge in [-0.1, -0.05) is 62.4 Å². The first-order valence-electron chi connectivity index (χ1n) is 11.1. The molecule has 180 valence electrons. The molecule has 2 unspecified atom stereocenters. The number of anilines is 1. The van der Waals surface area contributed by atoms with Crippen molar-refractivity contribution in [1.29, 1.82) is 0 Å². The third kappa shape index (κ3) is 5.67. The average Bonchev–Trinajstić information content (AvgIpc) is 2.85. The van der Waals surface area contributed by atoms with E-state index in [0.717, 1.165) is 32.0 Å². The Balaban J connectivity index is 1.45. The van der Waals surface area contributed by atoms with Gasteiger partial charge in [-0.3, -0.25) is 8.51 Å². The number of pyridine rings is 1. The van der Waals surface area contributed by atoms with Gasteiger partial charge in [-0.25, -0.2) is 9.78 Å². The Kier molecular flexibility index (Phi) is 7.43. The van der Waals surface area contributed by atoms with Crippen LogP contribution in [0.15, 0.2) is 84.9 Å². The minimum atomic E-state index is -2.73. The molecule has 0 radical (unpaired) electrons. The summed E-state index contributed by atoms with van der Waals surface area (Å²) in [6, 6.07) is 25.0. The molecule has 4 aromatic rings. The highest BCUT2D eigenvalue weighted by atomic mass is 32.2. The molecule has 0 spiro atoms. The second-order valence-corrected chi connectivity index (χ2v) is 9.25. The summed E-state index contributed by atoms with van der Waals surface area (Å²) in [7, 11) is 0. The summed E-state index contributed by atoms with van der Waals surface area (Å²) < 4.78 is 30.4. The van der Waals surface area contributed by atoms with Gasteiger partial charge in [-0.05, 0) is 53.4 Å². The Morgan fingerprint density at radius 1 is 0.971 bits per heavy atom. The zero-order valence-electron chi connectivity index (χ0n) is 19.3. The van der Waals surface area contributed by atoms with Crippen LogP contribution >= 0.6 is 0 Å². The van der Waals surface area contributed by atoms with Gasteiger partial charge in [0, 0.05) is 22.3 Å². The van der Waals surface area contributed by atoms with Crippen LogP contribution in [-0.4, -0.2) is 30.9 Å².